The van der Waals surface area contributed by atoms with Gasteiger partial charge in [-0.1, -0.05) is 353 Å². The lowest BCUT2D eigenvalue weighted by Crippen LogP contribution is -2.45. The molecule has 6 nitrogen and oxygen atoms in total. The Labute approximate surface area is 488 Å². The van der Waals surface area contributed by atoms with Crippen molar-refractivity contribution < 1.29 is 24.5 Å². The number of esters is 1. The van der Waals surface area contributed by atoms with E-state index in [0.29, 0.717) is 25.9 Å². The molecule has 0 rings (SSSR count). The lowest BCUT2D eigenvalue weighted by atomic mass is 10.0. The number of carbonyl (C=O) groups is 2. The normalized spacial score (nSPS) is 12.6. The summed E-state index contributed by atoms with van der Waals surface area (Å²) in [6.45, 7) is 4.97. The van der Waals surface area contributed by atoms with E-state index in [0.717, 1.165) is 51.4 Å². The van der Waals surface area contributed by atoms with Crippen molar-refractivity contribution >= 4 is 11.9 Å². The van der Waals surface area contributed by atoms with Gasteiger partial charge in [-0.05, 0) is 57.8 Å². The largest absolute Gasteiger partial charge is 0.466 e. The zero-order valence-electron chi connectivity index (χ0n) is 52.9. The summed E-state index contributed by atoms with van der Waals surface area (Å²) in [4.78, 5) is 24.6. The SMILES string of the molecule is CCCCCC/C=C\C/C=C\CCCCCCCCCC(=O)OCCCCCCCCCCCCCCCCCCCCCCCCCC(=O)NC(CO)C(O)CCCCCCCCCCCCCCCCCCCCCC. The van der Waals surface area contributed by atoms with Crippen LogP contribution >= 0.6 is 0 Å². The summed E-state index contributed by atoms with van der Waals surface area (Å²) in [7, 11) is 0. The molecule has 78 heavy (non-hydrogen) atoms. The summed E-state index contributed by atoms with van der Waals surface area (Å²) in [6.07, 6.45) is 85.0. The molecule has 1 amide bonds. The van der Waals surface area contributed by atoms with E-state index in [2.05, 4.69) is 43.5 Å². The second kappa shape index (κ2) is 67.8. The number of carbonyl (C=O) groups excluding carboxylic acids is 2. The van der Waals surface area contributed by atoms with Crippen LogP contribution in [0, 0.1) is 0 Å². The molecule has 0 heterocycles. The minimum absolute atomic E-state index is 0.00808. The average Bonchev–Trinajstić information content (AvgIpc) is 3.44. The van der Waals surface area contributed by atoms with Crippen molar-refractivity contribution in [2.45, 2.75) is 411 Å². The number of aliphatic hydroxyl groups excluding tert-OH is 2. The van der Waals surface area contributed by atoms with Crippen molar-refractivity contribution in [1.29, 1.82) is 0 Å². The first-order valence-electron chi connectivity index (χ1n) is 35.6. The molecule has 0 spiro atoms. The molecule has 3 N–H and O–H groups in total. The lowest BCUT2D eigenvalue weighted by molar-refractivity contribution is -0.143. The van der Waals surface area contributed by atoms with Crippen LogP contribution in [0.4, 0.5) is 0 Å². The van der Waals surface area contributed by atoms with Crippen LogP contribution in [-0.2, 0) is 14.3 Å². The van der Waals surface area contributed by atoms with E-state index in [1.165, 1.54) is 315 Å². The van der Waals surface area contributed by atoms with Gasteiger partial charge in [0.1, 0.15) is 0 Å². The van der Waals surface area contributed by atoms with Gasteiger partial charge in [0.25, 0.3) is 0 Å². The van der Waals surface area contributed by atoms with E-state index < -0.39 is 12.1 Å². The minimum Gasteiger partial charge on any atom is -0.466 e. The van der Waals surface area contributed by atoms with Crippen molar-refractivity contribution in [2.24, 2.45) is 0 Å². The van der Waals surface area contributed by atoms with Crippen LogP contribution in [0.15, 0.2) is 24.3 Å². The summed E-state index contributed by atoms with van der Waals surface area (Å²) in [5.74, 6) is -0.0222. The Balaban J connectivity index is 3.37. The third-order valence-corrected chi connectivity index (χ3v) is 16.8. The van der Waals surface area contributed by atoms with Gasteiger partial charge in [-0.3, -0.25) is 9.59 Å². The highest BCUT2D eigenvalue weighted by molar-refractivity contribution is 5.76. The van der Waals surface area contributed by atoms with Crippen LogP contribution in [0.3, 0.4) is 0 Å². The Kier molecular flexibility index (Phi) is 66.4. The van der Waals surface area contributed by atoms with E-state index in [1.807, 2.05) is 0 Å². The monoisotopic (exact) mass is 1100 g/mol. The highest BCUT2D eigenvalue weighted by Gasteiger charge is 2.20. The Morgan fingerprint density at radius 3 is 0.987 bits per heavy atom. The number of amides is 1. The molecule has 0 fully saturated rings. The third-order valence-electron chi connectivity index (χ3n) is 16.8. The van der Waals surface area contributed by atoms with Crippen LogP contribution < -0.4 is 5.32 Å². The third kappa shape index (κ3) is 63.5. The first kappa shape index (κ1) is 76.3. The number of rotatable bonds is 67. The molecule has 0 bridgehead atoms. The summed E-state index contributed by atoms with van der Waals surface area (Å²) in [5, 5.41) is 23.4. The average molecular weight is 1100 g/mol. The summed E-state index contributed by atoms with van der Waals surface area (Å²) < 4.78 is 5.50. The lowest BCUT2D eigenvalue weighted by Gasteiger charge is -2.22. The maximum absolute atomic E-state index is 12.5. The number of aliphatic hydroxyl groups is 2. The molecule has 0 aliphatic carbocycles. The van der Waals surface area contributed by atoms with Gasteiger partial charge in [0, 0.05) is 12.8 Å². The van der Waals surface area contributed by atoms with Gasteiger partial charge in [-0.25, -0.2) is 0 Å². The maximum atomic E-state index is 12.5. The van der Waals surface area contributed by atoms with Crippen LogP contribution in [0.5, 0.6) is 0 Å². The molecule has 462 valence electrons. The van der Waals surface area contributed by atoms with Gasteiger partial charge in [0.05, 0.1) is 25.4 Å². The van der Waals surface area contributed by atoms with Crippen molar-refractivity contribution in [2.75, 3.05) is 13.2 Å². The van der Waals surface area contributed by atoms with Crippen LogP contribution in [-0.4, -0.2) is 47.4 Å². The zero-order valence-corrected chi connectivity index (χ0v) is 52.9. The molecular weight excluding hydrogens is 959 g/mol. The highest BCUT2D eigenvalue weighted by atomic mass is 16.5. The molecule has 0 aliphatic rings. The summed E-state index contributed by atoms with van der Waals surface area (Å²) >= 11 is 0. The molecule has 0 aliphatic heterocycles. The zero-order chi connectivity index (χ0) is 56.4. The minimum atomic E-state index is -0.665. The van der Waals surface area contributed by atoms with Gasteiger partial charge in [-0.2, -0.15) is 0 Å². The van der Waals surface area contributed by atoms with E-state index in [1.54, 1.807) is 0 Å². The first-order valence-corrected chi connectivity index (χ1v) is 35.6. The predicted molar refractivity (Wildman–Crippen MR) is 343 cm³/mol. The standard InChI is InChI=1S/C72H139NO5/c1-3-5-7-9-11-13-15-17-19-21-23-29-32-36-40-44-48-52-56-60-64-70(75)69(68-74)73-71(76)65-61-57-53-49-45-41-37-33-30-27-25-24-26-28-31-35-39-43-47-51-55-59-63-67-78-72(77)66-62-58-54-50-46-42-38-34-22-20-18-16-14-12-10-8-6-4-2/h14,16,20,22,69-70,74-75H,3-13,15,17-19,21,23-68H2,1-2H3,(H,73,76)/b16-14-,22-20-. The Morgan fingerprint density at radius 2 is 0.641 bits per heavy atom. The van der Waals surface area contributed by atoms with Crippen molar-refractivity contribution in [3.8, 4) is 0 Å². The molecule has 2 atom stereocenters. The number of nitrogens with one attached hydrogen (secondary N) is 1. The fourth-order valence-corrected chi connectivity index (χ4v) is 11.3. The maximum Gasteiger partial charge on any atom is 0.305 e. The quantitative estimate of drug-likeness (QED) is 0.0320. The van der Waals surface area contributed by atoms with Crippen LogP contribution in [0.2, 0.25) is 0 Å². The van der Waals surface area contributed by atoms with E-state index in [-0.39, 0.29) is 18.5 Å². The Bertz CT molecular complexity index is 1220. The number of hydrogen-bond acceptors (Lipinski definition) is 5. The molecule has 0 aromatic rings. The van der Waals surface area contributed by atoms with E-state index in [9.17, 15) is 19.8 Å². The van der Waals surface area contributed by atoms with Crippen LogP contribution in [0.25, 0.3) is 0 Å². The summed E-state index contributed by atoms with van der Waals surface area (Å²) in [5.41, 5.74) is 0. The van der Waals surface area contributed by atoms with Crippen molar-refractivity contribution in [3.63, 3.8) is 0 Å². The Morgan fingerprint density at radius 1 is 0.359 bits per heavy atom. The van der Waals surface area contributed by atoms with Gasteiger partial charge in [0.2, 0.25) is 5.91 Å². The molecule has 0 aromatic carbocycles. The fraction of sp³-hybridized carbons (Fsp3) is 0.917. The number of allylic oxidation sites excluding steroid dienone is 4. The molecule has 0 saturated carbocycles. The topological polar surface area (TPSA) is 95.9 Å². The number of unbranched alkanes of at least 4 members (excludes halogenated alkanes) is 52. The van der Waals surface area contributed by atoms with Crippen LogP contribution in [0.1, 0.15) is 399 Å². The molecule has 6 heteroatoms. The molecule has 2 unspecified atom stereocenters. The number of hydrogen-bond donors (Lipinski definition) is 3. The second-order valence-electron chi connectivity index (χ2n) is 24.6. The first-order chi connectivity index (χ1) is 38.5. The van der Waals surface area contributed by atoms with E-state index >= 15 is 0 Å². The molecule has 0 saturated heterocycles. The highest BCUT2D eigenvalue weighted by Crippen LogP contribution is 2.19. The number of ether oxygens (including phenoxy) is 1. The van der Waals surface area contributed by atoms with Gasteiger partial charge in [-0.15, -0.1) is 0 Å². The fourth-order valence-electron chi connectivity index (χ4n) is 11.3. The second-order valence-corrected chi connectivity index (χ2v) is 24.6. The molecule has 0 radical (unpaired) electrons. The smallest absolute Gasteiger partial charge is 0.305 e. The van der Waals surface area contributed by atoms with Gasteiger partial charge >= 0.3 is 5.97 Å². The van der Waals surface area contributed by atoms with Gasteiger partial charge < -0.3 is 20.3 Å². The summed E-state index contributed by atoms with van der Waals surface area (Å²) in [6, 6.07) is -0.542. The molecular formula is C72H139NO5. The van der Waals surface area contributed by atoms with Crippen molar-refractivity contribution in [3.05, 3.63) is 24.3 Å². The molecule has 0 aromatic heterocycles. The van der Waals surface area contributed by atoms with E-state index in [4.69, 9.17) is 4.74 Å². The van der Waals surface area contributed by atoms with Crippen molar-refractivity contribution in [1.82, 2.24) is 5.32 Å². The Hall–Kier alpha value is -1.66. The van der Waals surface area contributed by atoms with Gasteiger partial charge in [0.15, 0.2) is 0 Å². The predicted octanol–water partition coefficient (Wildman–Crippen LogP) is 22.9.